The molecule has 0 radical (unpaired) electrons. The molecule has 2 aliphatic carbocycles. The summed E-state index contributed by atoms with van der Waals surface area (Å²) < 4.78 is 64.6. The van der Waals surface area contributed by atoms with E-state index in [1.807, 2.05) is 18.2 Å². The first kappa shape index (κ1) is 26.5. The number of benzene rings is 2. The molecule has 10 heteroatoms. The van der Waals surface area contributed by atoms with Crippen molar-refractivity contribution in [2.75, 3.05) is 11.9 Å². The van der Waals surface area contributed by atoms with Crippen LogP contribution in [0.15, 0.2) is 47.4 Å². The SMILES string of the molecule is CC1CCCC(NC(=O)Nc2cc(S(=O)(=O)NCC(F)(F)F)ccc2-c2cccc(C3CCC3)c2)C1. The Labute approximate surface area is 210 Å². The van der Waals surface area contributed by atoms with E-state index in [1.165, 1.54) is 30.2 Å². The number of rotatable bonds is 7. The van der Waals surface area contributed by atoms with Gasteiger partial charge in [-0.2, -0.15) is 13.2 Å². The van der Waals surface area contributed by atoms with E-state index in [2.05, 4.69) is 23.6 Å². The van der Waals surface area contributed by atoms with Gasteiger partial charge in [0.2, 0.25) is 10.0 Å². The van der Waals surface area contributed by atoms with Gasteiger partial charge in [0.1, 0.15) is 6.54 Å². The van der Waals surface area contributed by atoms with Crippen LogP contribution in [-0.2, 0) is 10.0 Å². The fraction of sp³-hybridized carbons (Fsp3) is 0.500. The molecule has 2 saturated carbocycles. The lowest BCUT2D eigenvalue weighted by Crippen LogP contribution is -2.40. The number of hydrogen-bond acceptors (Lipinski definition) is 3. The van der Waals surface area contributed by atoms with Gasteiger partial charge < -0.3 is 10.6 Å². The largest absolute Gasteiger partial charge is 0.402 e. The number of amides is 2. The first-order valence-corrected chi connectivity index (χ1v) is 13.9. The number of urea groups is 1. The van der Waals surface area contributed by atoms with Crippen molar-refractivity contribution in [1.82, 2.24) is 10.0 Å². The van der Waals surface area contributed by atoms with Crippen LogP contribution in [0.1, 0.15) is 63.4 Å². The number of halogens is 3. The van der Waals surface area contributed by atoms with Crippen molar-refractivity contribution in [1.29, 1.82) is 0 Å². The molecule has 0 saturated heterocycles. The van der Waals surface area contributed by atoms with E-state index in [0.29, 0.717) is 17.4 Å². The van der Waals surface area contributed by atoms with Crippen LogP contribution in [0, 0.1) is 5.92 Å². The Morgan fingerprint density at radius 1 is 1.03 bits per heavy atom. The molecular formula is C26H32F3N3O3S. The minimum Gasteiger partial charge on any atom is -0.335 e. The topological polar surface area (TPSA) is 87.3 Å². The maximum Gasteiger partial charge on any atom is 0.402 e. The molecule has 0 aromatic heterocycles. The molecule has 2 fully saturated rings. The number of carbonyl (C=O) groups excluding carboxylic acids is 1. The molecule has 0 heterocycles. The average Bonchev–Trinajstić information content (AvgIpc) is 2.76. The number of alkyl halides is 3. The van der Waals surface area contributed by atoms with Gasteiger partial charge in [-0.05, 0) is 60.8 Å². The molecule has 2 unspecified atom stereocenters. The van der Waals surface area contributed by atoms with E-state index in [1.54, 1.807) is 4.72 Å². The highest BCUT2D eigenvalue weighted by atomic mass is 32.2. The summed E-state index contributed by atoms with van der Waals surface area (Å²) in [5.41, 5.74) is 2.79. The first-order chi connectivity index (χ1) is 17.0. The van der Waals surface area contributed by atoms with Crippen LogP contribution < -0.4 is 15.4 Å². The van der Waals surface area contributed by atoms with Gasteiger partial charge in [-0.25, -0.2) is 17.9 Å². The summed E-state index contributed by atoms with van der Waals surface area (Å²) in [4.78, 5) is 12.5. The Balaban J connectivity index is 1.63. The van der Waals surface area contributed by atoms with Crippen molar-refractivity contribution in [2.45, 2.75) is 74.9 Å². The van der Waals surface area contributed by atoms with Crippen LogP contribution in [0.2, 0.25) is 0 Å². The van der Waals surface area contributed by atoms with E-state index < -0.39 is 28.8 Å². The highest BCUT2D eigenvalue weighted by Crippen LogP contribution is 2.39. The maximum absolute atomic E-state index is 12.9. The molecule has 4 rings (SSSR count). The summed E-state index contributed by atoms with van der Waals surface area (Å²) in [7, 11) is -4.44. The predicted octanol–water partition coefficient (Wildman–Crippen LogP) is 6.16. The molecule has 2 atom stereocenters. The number of carbonyl (C=O) groups is 1. The molecule has 36 heavy (non-hydrogen) atoms. The number of nitrogens with one attached hydrogen (secondary N) is 3. The van der Waals surface area contributed by atoms with Gasteiger partial charge in [0.25, 0.3) is 0 Å². The molecule has 6 nitrogen and oxygen atoms in total. The van der Waals surface area contributed by atoms with Crippen molar-refractivity contribution < 1.29 is 26.4 Å². The van der Waals surface area contributed by atoms with Crippen LogP contribution >= 0.6 is 0 Å². The second kappa shape index (κ2) is 10.8. The lowest BCUT2D eigenvalue weighted by molar-refractivity contribution is -0.121. The van der Waals surface area contributed by atoms with E-state index in [4.69, 9.17) is 0 Å². The van der Waals surface area contributed by atoms with Crippen LogP contribution in [0.4, 0.5) is 23.7 Å². The summed E-state index contributed by atoms with van der Waals surface area (Å²) in [6.07, 6.45) is 2.57. The van der Waals surface area contributed by atoms with Crippen molar-refractivity contribution in [3.05, 3.63) is 48.0 Å². The zero-order valence-corrected chi connectivity index (χ0v) is 21.0. The van der Waals surface area contributed by atoms with Crippen molar-refractivity contribution in [3.63, 3.8) is 0 Å². The summed E-state index contributed by atoms with van der Waals surface area (Å²) in [6.45, 7) is 0.463. The van der Waals surface area contributed by atoms with Gasteiger partial charge >= 0.3 is 12.2 Å². The highest BCUT2D eigenvalue weighted by molar-refractivity contribution is 7.89. The zero-order valence-electron chi connectivity index (χ0n) is 20.2. The van der Waals surface area contributed by atoms with E-state index >= 15 is 0 Å². The van der Waals surface area contributed by atoms with Crippen LogP contribution in [0.5, 0.6) is 0 Å². The third kappa shape index (κ3) is 6.79. The third-order valence-corrected chi connectivity index (χ3v) is 8.46. The molecule has 0 bridgehead atoms. The van der Waals surface area contributed by atoms with Gasteiger partial charge in [-0.3, -0.25) is 0 Å². The fourth-order valence-electron chi connectivity index (χ4n) is 4.92. The molecule has 2 aliphatic rings. The Hall–Kier alpha value is -2.59. The van der Waals surface area contributed by atoms with Crippen LogP contribution in [0.25, 0.3) is 11.1 Å². The first-order valence-electron chi connectivity index (χ1n) is 12.4. The van der Waals surface area contributed by atoms with Crippen LogP contribution in [-0.4, -0.2) is 33.2 Å². The highest BCUT2D eigenvalue weighted by Gasteiger charge is 2.30. The van der Waals surface area contributed by atoms with Gasteiger partial charge in [0.05, 0.1) is 10.6 Å². The lowest BCUT2D eigenvalue weighted by Gasteiger charge is -2.28. The average molecular weight is 524 g/mol. The molecular weight excluding hydrogens is 491 g/mol. The second-order valence-electron chi connectivity index (χ2n) is 9.97. The molecule has 2 aromatic rings. The fourth-order valence-corrected chi connectivity index (χ4v) is 5.96. The Morgan fingerprint density at radius 2 is 1.78 bits per heavy atom. The molecule has 2 amide bonds. The van der Waals surface area contributed by atoms with E-state index in [0.717, 1.165) is 44.1 Å². The smallest absolute Gasteiger partial charge is 0.335 e. The Morgan fingerprint density at radius 3 is 2.44 bits per heavy atom. The molecule has 2 aromatic carbocycles. The lowest BCUT2D eigenvalue weighted by atomic mass is 9.79. The second-order valence-corrected chi connectivity index (χ2v) is 11.7. The Kier molecular flexibility index (Phi) is 7.94. The predicted molar refractivity (Wildman–Crippen MR) is 133 cm³/mol. The maximum atomic E-state index is 12.9. The Bertz CT molecular complexity index is 1200. The van der Waals surface area contributed by atoms with Crippen molar-refractivity contribution in [2.24, 2.45) is 5.92 Å². The van der Waals surface area contributed by atoms with Crippen LogP contribution in [0.3, 0.4) is 0 Å². The number of sulfonamides is 1. The minimum atomic E-state index is -4.69. The summed E-state index contributed by atoms with van der Waals surface area (Å²) in [6, 6.07) is 11.4. The van der Waals surface area contributed by atoms with Crippen molar-refractivity contribution in [3.8, 4) is 11.1 Å². The molecule has 196 valence electrons. The molecule has 0 aliphatic heterocycles. The monoisotopic (exact) mass is 523 g/mol. The van der Waals surface area contributed by atoms with Gasteiger partial charge in [-0.15, -0.1) is 0 Å². The summed E-state index contributed by atoms with van der Waals surface area (Å²) >= 11 is 0. The normalized spacial score (nSPS) is 21.0. The molecule has 0 spiro atoms. The molecule has 3 N–H and O–H groups in total. The zero-order chi connectivity index (χ0) is 25.9. The van der Waals surface area contributed by atoms with E-state index in [9.17, 15) is 26.4 Å². The number of anilines is 1. The van der Waals surface area contributed by atoms with Gasteiger partial charge in [0, 0.05) is 11.6 Å². The van der Waals surface area contributed by atoms with Gasteiger partial charge in [0.15, 0.2) is 0 Å². The number of hydrogen-bond donors (Lipinski definition) is 3. The van der Waals surface area contributed by atoms with Gasteiger partial charge in [-0.1, -0.05) is 56.5 Å². The van der Waals surface area contributed by atoms with E-state index in [-0.39, 0.29) is 16.6 Å². The minimum absolute atomic E-state index is 0.0134. The third-order valence-electron chi connectivity index (χ3n) is 7.06. The quantitative estimate of drug-likeness (QED) is 0.406. The standard InChI is InChI=1S/C26H32F3N3O3S/c1-17-5-2-10-21(13-17)31-25(33)32-24-15-22(36(34,35)30-16-26(27,28)29)11-12-23(24)20-9-4-8-19(14-20)18-6-3-7-18/h4,8-9,11-12,14-15,17-18,21,30H,2-3,5-7,10,13,16H2,1H3,(H2,31,32,33). The van der Waals surface area contributed by atoms with Crippen molar-refractivity contribution >= 4 is 21.7 Å². The summed E-state index contributed by atoms with van der Waals surface area (Å²) in [5, 5.41) is 5.73. The summed E-state index contributed by atoms with van der Waals surface area (Å²) in [5.74, 6) is 0.978.